The molecule has 1 atom stereocenters. The van der Waals surface area contributed by atoms with Crippen LogP contribution in [-0.4, -0.2) is 20.0 Å². The first-order chi connectivity index (χ1) is 8.31. The number of hydrogen-bond acceptors (Lipinski definition) is 4. The molecule has 1 aromatic rings. The SMILES string of the molecule is CCCCOCC(N)c1ccc2c(c1)OCO2. The molecule has 2 rings (SSSR count). The minimum absolute atomic E-state index is 0.110. The van der Waals surface area contributed by atoms with Gasteiger partial charge in [-0.2, -0.15) is 0 Å². The smallest absolute Gasteiger partial charge is 0.231 e. The average Bonchev–Trinajstić information content (AvgIpc) is 2.81. The quantitative estimate of drug-likeness (QED) is 0.771. The summed E-state index contributed by atoms with van der Waals surface area (Å²) in [6, 6.07) is 5.67. The van der Waals surface area contributed by atoms with Gasteiger partial charge in [-0.05, 0) is 24.1 Å². The lowest BCUT2D eigenvalue weighted by molar-refractivity contribution is 0.118. The van der Waals surface area contributed by atoms with E-state index in [2.05, 4.69) is 6.92 Å². The minimum atomic E-state index is -0.110. The molecule has 0 aliphatic carbocycles. The zero-order valence-electron chi connectivity index (χ0n) is 10.1. The van der Waals surface area contributed by atoms with Gasteiger partial charge in [-0.3, -0.25) is 0 Å². The van der Waals surface area contributed by atoms with Crippen molar-refractivity contribution < 1.29 is 14.2 Å². The second-order valence-corrected chi connectivity index (χ2v) is 4.15. The molecule has 0 radical (unpaired) electrons. The van der Waals surface area contributed by atoms with Gasteiger partial charge < -0.3 is 19.9 Å². The fourth-order valence-electron chi connectivity index (χ4n) is 1.70. The molecule has 1 aromatic carbocycles. The number of unbranched alkanes of at least 4 members (excludes halogenated alkanes) is 1. The second kappa shape index (κ2) is 5.89. The molecule has 0 spiro atoms. The molecule has 1 aliphatic heterocycles. The van der Waals surface area contributed by atoms with E-state index in [1.807, 2.05) is 18.2 Å². The van der Waals surface area contributed by atoms with Crippen molar-refractivity contribution in [2.24, 2.45) is 5.73 Å². The highest BCUT2D eigenvalue weighted by atomic mass is 16.7. The summed E-state index contributed by atoms with van der Waals surface area (Å²) < 4.78 is 16.1. The lowest BCUT2D eigenvalue weighted by atomic mass is 10.1. The van der Waals surface area contributed by atoms with Crippen LogP contribution in [0.1, 0.15) is 31.4 Å². The summed E-state index contributed by atoms with van der Waals surface area (Å²) >= 11 is 0. The Morgan fingerprint density at radius 2 is 2.18 bits per heavy atom. The summed E-state index contributed by atoms with van der Waals surface area (Å²) in [6.45, 7) is 3.75. The number of nitrogens with two attached hydrogens (primary N) is 1. The van der Waals surface area contributed by atoms with Gasteiger partial charge in [0, 0.05) is 6.61 Å². The van der Waals surface area contributed by atoms with Crippen LogP contribution in [0.5, 0.6) is 11.5 Å². The molecule has 1 unspecified atom stereocenters. The van der Waals surface area contributed by atoms with Crippen LogP contribution in [0.15, 0.2) is 18.2 Å². The third kappa shape index (κ3) is 3.11. The first-order valence-electron chi connectivity index (χ1n) is 6.04. The van der Waals surface area contributed by atoms with Crippen molar-refractivity contribution >= 4 is 0 Å². The highest BCUT2D eigenvalue weighted by Crippen LogP contribution is 2.33. The summed E-state index contributed by atoms with van der Waals surface area (Å²) in [5, 5.41) is 0. The maximum atomic E-state index is 6.05. The third-order valence-corrected chi connectivity index (χ3v) is 2.76. The Balaban J connectivity index is 1.88. The first kappa shape index (κ1) is 12.2. The van der Waals surface area contributed by atoms with Crippen molar-refractivity contribution in [2.75, 3.05) is 20.0 Å². The molecule has 0 bridgehead atoms. The molecule has 17 heavy (non-hydrogen) atoms. The van der Waals surface area contributed by atoms with Crippen molar-refractivity contribution in [1.82, 2.24) is 0 Å². The van der Waals surface area contributed by atoms with E-state index in [1.165, 1.54) is 0 Å². The highest BCUT2D eigenvalue weighted by Gasteiger charge is 2.15. The van der Waals surface area contributed by atoms with Crippen molar-refractivity contribution in [3.8, 4) is 11.5 Å². The van der Waals surface area contributed by atoms with E-state index in [9.17, 15) is 0 Å². The zero-order valence-corrected chi connectivity index (χ0v) is 10.1. The van der Waals surface area contributed by atoms with E-state index < -0.39 is 0 Å². The summed E-state index contributed by atoms with van der Waals surface area (Å²) in [4.78, 5) is 0. The van der Waals surface area contributed by atoms with E-state index in [0.29, 0.717) is 13.4 Å². The Morgan fingerprint density at radius 1 is 1.35 bits per heavy atom. The monoisotopic (exact) mass is 237 g/mol. The topological polar surface area (TPSA) is 53.7 Å². The molecular formula is C13H19NO3. The van der Waals surface area contributed by atoms with Gasteiger partial charge in [0.15, 0.2) is 11.5 Å². The molecule has 94 valence electrons. The number of benzene rings is 1. The van der Waals surface area contributed by atoms with Gasteiger partial charge in [0.2, 0.25) is 6.79 Å². The Morgan fingerprint density at radius 3 is 3.00 bits per heavy atom. The number of rotatable bonds is 6. The standard InChI is InChI=1S/C13H19NO3/c1-2-3-6-15-8-11(14)10-4-5-12-13(7-10)17-9-16-12/h4-5,7,11H,2-3,6,8-9,14H2,1H3. The largest absolute Gasteiger partial charge is 0.454 e. The van der Waals surface area contributed by atoms with E-state index in [-0.39, 0.29) is 6.04 Å². The van der Waals surface area contributed by atoms with Gasteiger partial charge in [-0.25, -0.2) is 0 Å². The van der Waals surface area contributed by atoms with Crippen LogP contribution >= 0.6 is 0 Å². The molecule has 0 saturated carbocycles. The van der Waals surface area contributed by atoms with E-state index >= 15 is 0 Å². The Bertz CT molecular complexity index is 368. The molecule has 0 aromatic heterocycles. The van der Waals surface area contributed by atoms with Gasteiger partial charge in [-0.1, -0.05) is 19.4 Å². The fourth-order valence-corrected chi connectivity index (χ4v) is 1.70. The maximum Gasteiger partial charge on any atom is 0.231 e. The Hall–Kier alpha value is -1.26. The van der Waals surface area contributed by atoms with Crippen LogP contribution in [0.3, 0.4) is 0 Å². The molecule has 4 nitrogen and oxygen atoms in total. The normalized spacial score (nSPS) is 14.9. The van der Waals surface area contributed by atoms with Crippen molar-refractivity contribution in [3.63, 3.8) is 0 Å². The first-order valence-corrected chi connectivity index (χ1v) is 6.04. The van der Waals surface area contributed by atoms with Gasteiger partial charge >= 0.3 is 0 Å². The van der Waals surface area contributed by atoms with Gasteiger partial charge in [0.1, 0.15) is 0 Å². The molecule has 0 amide bonds. The van der Waals surface area contributed by atoms with Crippen molar-refractivity contribution in [3.05, 3.63) is 23.8 Å². The Kier molecular flexibility index (Phi) is 4.23. The lowest BCUT2D eigenvalue weighted by Crippen LogP contribution is -2.17. The predicted molar refractivity (Wildman–Crippen MR) is 65.2 cm³/mol. The highest BCUT2D eigenvalue weighted by molar-refractivity contribution is 5.45. The summed E-state index contributed by atoms with van der Waals surface area (Å²) in [5.41, 5.74) is 7.07. The summed E-state index contributed by atoms with van der Waals surface area (Å²) in [6.07, 6.45) is 2.22. The van der Waals surface area contributed by atoms with E-state index in [1.54, 1.807) is 0 Å². The van der Waals surface area contributed by atoms with Gasteiger partial charge in [-0.15, -0.1) is 0 Å². The van der Waals surface area contributed by atoms with E-state index in [4.69, 9.17) is 19.9 Å². The molecule has 4 heteroatoms. The predicted octanol–water partition coefficient (Wildman–Crippen LogP) is 2.23. The number of hydrogen-bond donors (Lipinski definition) is 1. The molecule has 0 saturated heterocycles. The molecular weight excluding hydrogens is 218 g/mol. The molecule has 2 N–H and O–H groups in total. The van der Waals surface area contributed by atoms with Crippen LogP contribution in [0, 0.1) is 0 Å². The zero-order chi connectivity index (χ0) is 12.1. The van der Waals surface area contributed by atoms with Crippen LogP contribution in [-0.2, 0) is 4.74 Å². The van der Waals surface area contributed by atoms with Crippen molar-refractivity contribution in [1.29, 1.82) is 0 Å². The Labute approximate surface area is 102 Å². The van der Waals surface area contributed by atoms with Crippen LogP contribution < -0.4 is 15.2 Å². The van der Waals surface area contributed by atoms with Crippen LogP contribution in [0.25, 0.3) is 0 Å². The maximum absolute atomic E-state index is 6.05. The molecule has 1 heterocycles. The van der Waals surface area contributed by atoms with Crippen LogP contribution in [0.2, 0.25) is 0 Å². The second-order valence-electron chi connectivity index (χ2n) is 4.15. The van der Waals surface area contributed by atoms with Crippen LogP contribution in [0.4, 0.5) is 0 Å². The fraction of sp³-hybridized carbons (Fsp3) is 0.538. The number of fused-ring (bicyclic) bond motifs is 1. The molecule has 0 fully saturated rings. The van der Waals surface area contributed by atoms with Gasteiger partial charge in [0.25, 0.3) is 0 Å². The van der Waals surface area contributed by atoms with E-state index in [0.717, 1.165) is 36.5 Å². The number of ether oxygens (including phenoxy) is 3. The summed E-state index contributed by atoms with van der Waals surface area (Å²) in [5.74, 6) is 1.55. The van der Waals surface area contributed by atoms with Crippen molar-refractivity contribution in [2.45, 2.75) is 25.8 Å². The summed E-state index contributed by atoms with van der Waals surface area (Å²) in [7, 11) is 0. The van der Waals surface area contributed by atoms with Gasteiger partial charge in [0.05, 0.1) is 12.6 Å². The average molecular weight is 237 g/mol. The lowest BCUT2D eigenvalue weighted by Gasteiger charge is -2.13. The minimum Gasteiger partial charge on any atom is -0.454 e. The molecule has 1 aliphatic rings. The third-order valence-electron chi connectivity index (χ3n) is 2.76.